The molecule has 0 atom stereocenters. The summed E-state index contributed by atoms with van der Waals surface area (Å²) in [5.41, 5.74) is 0. The van der Waals surface area contributed by atoms with Crippen molar-refractivity contribution in [3.05, 3.63) is 0 Å². The second-order valence-corrected chi connectivity index (χ2v) is 0.224. The van der Waals surface area contributed by atoms with E-state index in [4.69, 9.17) is 9.46 Å². The Bertz CT molecular complexity index is 13.5. The third kappa shape index (κ3) is 12.1. The minimum absolute atomic E-state index is 0. The topological polar surface area (TPSA) is 40.1 Å². The summed E-state index contributed by atoms with van der Waals surface area (Å²) in [4.78, 5) is 8.35. The maximum absolute atomic E-state index is 8.35. The van der Waals surface area contributed by atoms with E-state index in [-0.39, 0.29) is 27.3 Å². The first-order valence-electron chi connectivity index (χ1n) is 0.365. The molecule has 0 aliphatic carbocycles. The van der Waals surface area contributed by atoms with E-state index in [1.165, 1.54) is 0 Å². The quantitative estimate of drug-likeness (QED) is 0.425. The molecule has 0 rings (SSSR count). The maximum Gasteiger partial charge on any atom is 1.00 e. The second kappa shape index (κ2) is 9.01. The van der Waals surface area contributed by atoms with Gasteiger partial charge in [-0.3, -0.25) is 4.57 Å². The molecule has 0 aromatic heterocycles. The third-order valence-electron chi connectivity index (χ3n) is 0. The Balaban J connectivity index is 0. The van der Waals surface area contributed by atoms with Gasteiger partial charge < -0.3 is 4.89 Å². The van der Waals surface area contributed by atoms with Crippen molar-refractivity contribution < 1.29 is 9.46 Å². The molecule has 0 aromatic carbocycles. The minimum atomic E-state index is -1.08. The van der Waals surface area contributed by atoms with E-state index in [0.29, 0.717) is 0 Å². The smallest absolute Gasteiger partial charge is 0.772 e. The molecule has 0 bridgehead atoms. The summed E-state index contributed by atoms with van der Waals surface area (Å²) >= 11 is 0. The first-order chi connectivity index (χ1) is 1.41. The predicted molar refractivity (Wildman–Crippen MR) is 13.4 cm³/mol. The van der Waals surface area contributed by atoms with Gasteiger partial charge in [-0.2, -0.15) is 0 Å². The zero-order valence-corrected chi connectivity index (χ0v) is 7.22. The fraction of sp³-hybridized carbons (Fsp3) is 0. The summed E-state index contributed by atoms with van der Waals surface area (Å²) in [5.74, 6) is 0. The van der Waals surface area contributed by atoms with Crippen LogP contribution in [0.3, 0.4) is 0 Å². The molecule has 0 fully saturated rings. The van der Waals surface area contributed by atoms with Crippen molar-refractivity contribution in [3.8, 4) is 0 Å². The van der Waals surface area contributed by atoms with E-state index in [0.717, 1.165) is 0 Å². The third-order valence-corrected chi connectivity index (χ3v) is 0. The molecule has 0 saturated carbocycles. The molecule has 0 spiro atoms. The standard InChI is InChI=1S/HO2P.Tl/c1-3-2;/h(H,1,2);/q;+1/p-1. The van der Waals surface area contributed by atoms with Gasteiger partial charge in [-0.15, -0.1) is 0 Å². The molecule has 0 aromatic rings. The number of hydrogen-bond donors (Lipinski definition) is 0. The summed E-state index contributed by atoms with van der Waals surface area (Å²) < 4.78 is 8.35. The van der Waals surface area contributed by atoms with E-state index in [1.54, 1.807) is 0 Å². The van der Waals surface area contributed by atoms with Crippen molar-refractivity contribution in [1.82, 2.24) is 0 Å². The van der Waals surface area contributed by atoms with Crippen LogP contribution >= 0.6 is 8.69 Å². The molecule has 2 nitrogen and oxygen atoms in total. The molecule has 20 valence electrons. The van der Waals surface area contributed by atoms with E-state index < -0.39 is 8.69 Å². The zero-order valence-electron chi connectivity index (χ0n) is 1.84. The Kier molecular flexibility index (Phi) is 20.0. The Morgan fingerprint density at radius 3 is 1.75 bits per heavy atom. The second-order valence-electron chi connectivity index (χ2n) is 0.0745. The Labute approximate surface area is 45.7 Å². The molecular formula is O2PTl. The molecule has 0 aliphatic rings. The Morgan fingerprint density at radius 1 is 1.75 bits per heavy atom. The van der Waals surface area contributed by atoms with Crippen molar-refractivity contribution in [2.24, 2.45) is 0 Å². The molecule has 0 heterocycles. The van der Waals surface area contributed by atoms with Gasteiger partial charge in [0.25, 0.3) is 0 Å². The van der Waals surface area contributed by atoms with Crippen LogP contribution in [0.4, 0.5) is 0 Å². The van der Waals surface area contributed by atoms with E-state index in [1.807, 2.05) is 0 Å². The molecule has 0 saturated heterocycles. The van der Waals surface area contributed by atoms with Crippen molar-refractivity contribution in [2.45, 2.75) is 0 Å². The van der Waals surface area contributed by atoms with Gasteiger partial charge in [-0.05, 0) is 0 Å². The van der Waals surface area contributed by atoms with Gasteiger partial charge in [-0.1, -0.05) is 0 Å². The SMILES string of the molecule is O=P[O-].[Tl+]. The molecule has 0 aliphatic heterocycles. The van der Waals surface area contributed by atoms with Gasteiger partial charge >= 0.3 is 27.3 Å². The molecule has 4 heavy (non-hydrogen) atoms. The normalized spacial score (nSPS) is 5.25. The van der Waals surface area contributed by atoms with Crippen LogP contribution in [0.5, 0.6) is 0 Å². The minimum Gasteiger partial charge on any atom is -0.772 e. The summed E-state index contributed by atoms with van der Waals surface area (Å²) in [6.45, 7) is 0. The van der Waals surface area contributed by atoms with Gasteiger partial charge in [0, 0.05) is 0 Å². The fourth-order valence-electron chi connectivity index (χ4n) is 0. The molecular weight excluding hydrogens is 267 g/mol. The van der Waals surface area contributed by atoms with Crippen molar-refractivity contribution in [3.63, 3.8) is 0 Å². The van der Waals surface area contributed by atoms with Gasteiger partial charge in [0.15, 0.2) is 0 Å². The summed E-state index contributed by atoms with van der Waals surface area (Å²) in [7, 11) is -1.08. The predicted octanol–water partition coefficient (Wildman–Crippen LogP) is -0.827. The average molecular weight is 267 g/mol. The fourth-order valence-corrected chi connectivity index (χ4v) is 0. The molecule has 4 heteroatoms. The summed E-state index contributed by atoms with van der Waals surface area (Å²) in [6.07, 6.45) is 0. The van der Waals surface area contributed by atoms with Gasteiger partial charge in [-0.25, -0.2) is 0 Å². The van der Waals surface area contributed by atoms with Crippen LogP contribution in [0.25, 0.3) is 0 Å². The van der Waals surface area contributed by atoms with Crippen LogP contribution in [-0.2, 0) is 4.57 Å². The summed E-state index contributed by atoms with van der Waals surface area (Å²) in [6, 6.07) is 0. The van der Waals surface area contributed by atoms with Gasteiger partial charge in [0.1, 0.15) is 0 Å². The van der Waals surface area contributed by atoms with Crippen LogP contribution in [-0.4, -0.2) is 27.3 Å². The van der Waals surface area contributed by atoms with Crippen molar-refractivity contribution in [2.75, 3.05) is 0 Å². The van der Waals surface area contributed by atoms with Crippen LogP contribution in [0.1, 0.15) is 0 Å². The van der Waals surface area contributed by atoms with Gasteiger partial charge in [0.2, 0.25) is 0 Å². The Hall–Kier alpha value is 0.982. The van der Waals surface area contributed by atoms with Crippen LogP contribution in [0.2, 0.25) is 0 Å². The number of hydrogen-bond acceptors (Lipinski definition) is 2. The first-order valence-corrected chi connectivity index (χ1v) is 1.10. The molecule has 0 unspecified atom stereocenters. The van der Waals surface area contributed by atoms with E-state index in [2.05, 4.69) is 0 Å². The Morgan fingerprint density at radius 2 is 1.75 bits per heavy atom. The molecule has 0 radical (unpaired) electrons. The zero-order chi connectivity index (χ0) is 2.71. The monoisotopic (exact) mass is 268 g/mol. The van der Waals surface area contributed by atoms with Crippen molar-refractivity contribution >= 4 is 36.0 Å². The van der Waals surface area contributed by atoms with Crippen LogP contribution in [0.15, 0.2) is 0 Å². The van der Waals surface area contributed by atoms with E-state index >= 15 is 0 Å². The van der Waals surface area contributed by atoms with E-state index in [9.17, 15) is 0 Å². The van der Waals surface area contributed by atoms with Gasteiger partial charge in [0.05, 0.1) is 8.69 Å². The largest absolute Gasteiger partial charge is 1.00 e. The maximum atomic E-state index is 8.35. The van der Waals surface area contributed by atoms with Crippen molar-refractivity contribution in [1.29, 1.82) is 0 Å². The molecule has 0 amide bonds. The first kappa shape index (κ1) is 8.88. The average Bonchev–Trinajstić information content (AvgIpc) is 0.918. The number of rotatable bonds is 0. The van der Waals surface area contributed by atoms with Crippen LogP contribution in [0, 0.1) is 0 Å². The molecule has 0 N–H and O–H groups in total. The van der Waals surface area contributed by atoms with Crippen LogP contribution < -0.4 is 4.89 Å². The summed E-state index contributed by atoms with van der Waals surface area (Å²) in [5, 5.41) is 0.